The summed E-state index contributed by atoms with van der Waals surface area (Å²) in [5, 5.41) is 6.24. The Hall–Kier alpha value is -1.32. The summed E-state index contributed by atoms with van der Waals surface area (Å²) in [5.41, 5.74) is 1.50. The molecule has 4 nitrogen and oxygen atoms in total. The number of unbranched alkanes of at least 4 members (excludes halogenated alkanes) is 2. The summed E-state index contributed by atoms with van der Waals surface area (Å²) in [5.74, 6) is 1.13. The van der Waals surface area contributed by atoms with Crippen LogP contribution in [0.5, 0.6) is 0 Å². The molecule has 0 aromatic rings. The van der Waals surface area contributed by atoms with E-state index in [1.807, 2.05) is 0 Å². The van der Waals surface area contributed by atoms with Gasteiger partial charge >= 0.3 is 0 Å². The normalized spacial score (nSPS) is 24.5. The van der Waals surface area contributed by atoms with E-state index in [0.29, 0.717) is 11.8 Å². The van der Waals surface area contributed by atoms with Crippen LogP contribution in [-0.2, 0) is 9.59 Å². The molecule has 0 spiro atoms. The minimum Gasteiger partial charge on any atom is -0.345 e. The van der Waals surface area contributed by atoms with Gasteiger partial charge < -0.3 is 10.6 Å². The standard InChI is InChI=1S/C22H38N2O2/c1-5-9-11-15(7-3)13-17-19-20(22(26)23-17)18(24-21(19)25)14-16(8-4)12-10-6-2/h15-18H,5-14H2,1-4H3,(H,23,26)(H,24,25). The fourth-order valence-corrected chi connectivity index (χ4v) is 4.54. The average molecular weight is 363 g/mol. The van der Waals surface area contributed by atoms with E-state index in [1.165, 1.54) is 38.5 Å². The van der Waals surface area contributed by atoms with Gasteiger partial charge in [-0.05, 0) is 24.7 Å². The molecule has 2 amide bonds. The van der Waals surface area contributed by atoms with Crippen molar-refractivity contribution in [3.05, 3.63) is 11.1 Å². The Morgan fingerprint density at radius 2 is 1.12 bits per heavy atom. The maximum absolute atomic E-state index is 12.6. The van der Waals surface area contributed by atoms with Crippen molar-refractivity contribution >= 4 is 11.8 Å². The van der Waals surface area contributed by atoms with Crippen molar-refractivity contribution in [2.75, 3.05) is 0 Å². The Kier molecular flexibility index (Phi) is 8.17. The molecular weight excluding hydrogens is 324 g/mol. The zero-order valence-electron chi connectivity index (χ0n) is 17.2. The summed E-state index contributed by atoms with van der Waals surface area (Å²) in [7, 11) is 0. The van der Waals surface area contributed by atoms with Gasteiger partial charge in [0.05, 0.1) is 12.1 Å². The third kappa shape index (κ3) is 4.89. The molecule has 2 rings (SSSR count). The summed E-state index contributed by atoms with van der Waals surface area (Å²) >= 11 is 0. The molecule has 4 unspecified atom stereocenters. The SMILES string of the molecule is CCCCC(CC)CC1NC(=O)C2=C1C(=O)NC2CC(CC)CCCC. The van der Waals surface area contributed by atoms with Crippen LogP contribution in [-0.4, -0.2) is 23.9 Å². The van der Waals surface area contributed by atoms with Crippen LogP contribution in [0.25, 0.3) is 0 Å². The Balaban J connectivity index is 2.08. The van der Waals surface area contributed by atoms with E-state index >= 15 is 0 Å². The van der Waals surface area contributed by atoms with E-state index < -0.39 is 0 Å². The molecule has 0 saturated carbocycles. The largest absolute Gasteiger partial charge is 0.345 e. The van der Waals surface area contributed by atoms with Crippen LogP contribution >= 0.6 is 0 Å². The second kappa shape index (κ2) is 10.1. The molecule has 0 saturated heterocycles. The van der Waals surface area contributed by atoms with Gasteiger partial charge in [-0.2, -0.15) is 0 Å². The molecule has 2 aliphatic heterocycles. The highest BCUT2D eigenvalue weighted by atomic mass is 16.2. The van der Waals surface area contributed by atoms with Crippen LogP contribution in [0.2, 0.25) is 0 Å². The first-order valence-electron chi connectivity index (χ1n) is 10.9. The van der Waals surface area contributed by atoms with Gasteiger partial charge in [0.25, 0.3) is 0 Å². The third-order valence-electron chi connectivity index (χ3n) is 6.31. The summed E-state index contributed by atoms with van der Waals surface area (Å²) in [6.45, 7) is 8.85. The highest BCUT2D eigenvalue weighted by Crippen LogP contribution is 2.34. The number of rotatable bonds is 12. The van der Waals surface area contributed by atoms with E-state index in [2.05, 4.69) is 38.3 Å². The lowest BCUT2D eigenvalue weighted by molar-refractivity contribution is -0.118. The monoisotopic (exact) mass is 362 g/mol. The maximum atomic E-state index is 12.6. The van der Waals surface area contributed by atoms with Gasteiger partial charge in [-0.1, -0.05) is 79.1 Å². The molecule has 0 radical (unpaired) electrons. The molecular formula is C22H38N2O2. The second-order valence-electron chi connectivity index (χ2n) is 8.18. The predicted molar refractivity (Wildman–Crippen MR) is 107 cm³/mol. The van der Waals surface area contributed by atoms with E-state index in [0.717, 1.165) is 36.8 Å². The van der Waals surface area contributed by atoms with Crippen LogP contribution < -0.4 is 10.6 Å². The predicted octanol–water partition coefficient (Wildman–Crippen LogP) is 4.49. The van der Waals surface area contributed by atoms with Crippen LogP contribution in [0.15, 0.2) is 11.1 Å². The molecule has 0 aliphatic carbocycles. The molecule has 2 heterocycles. The van der Waals surface area contributed by atoms with Gasteiger partial charge in [0, 0.05) is 11.1 Å². The summed E-state index contributed by atoms with van der Waals surface area (Å²) in [6.07, 6.45) is 11.2. The molecule has 4 heteroatoms. The molecule has 0 bridgehead atoms. The fourth-order valence-electron chi connectivity index (χ4n) is 4.54. The van der Waals surface area contributed by atoms with Crippen molar-refractivity contribution in [2.24, 2.45) is 11.8 Å². The Labute approximate surface area is 159 Å². The molecule has 2 N–H and O–H groups in total. The number of nitrogens with one attached hydrogen (secondary N) is 2. The zero-order chi connectivity index (χ0) is 19.1. The van der Waals surface area contributed by atoms with Gasteiger partial charge in [-0.3, -0.25) is 9.59 Å². The van der Waals surface area contributed by atoms with Crippen molar-refractivity contribution in [3.8, 4) is 0 Å². The van der Waals surface area contributed by atoms with Gasteiger partial charge in [0.2, 0.25) is 11.8 Å². The van der Waals surface area contributed by atoms with Gasteiger partial charge in [-0.25, -0.2) is 0 Å². The van der Waals surface area contributed by atoms with Crippen molar-refractivity contribution in [1.82, 2.24) is 10.6 Å². The smallest absolute Gasteiger partial charge is 0.250 e. The molecule has 0 aromatic heterocycles. The van der Waals surface area contributed by atoms with E-state index in [9.17, 15) is 9.59 Å². The Bertz CT molecular complexity index is 480. The lowest BCUT2D eigenvalue weighted by Gasteiger charge is -2.23. The summed E-state index contributed by atoms with van der Waals surface area (Å²) in [6, 6.07) is -0.167. The number of amides is 2. The Morgan fingerprint density at radius 3 is 1.42 bits per heavy atom. The van der Waals surface area contributed by atoms with Gasteiger partial charge in [-0.15, -0.1) is 0 Å². The highest BCUT2D eigenvalue weighted by molar-refractivity contribution is 6.13. The number of carbonyl (C=O) groups is 2. The lowest BCUT2D eigenvalue weighted by atomic mass is 9.87. The van der Waals surface area contributed by atoms with Crippen LogP contribution in [0.3, 0.4) is 0 Å². The van der Waals surface area contributed by atoms with Crippen molar-refractivity contribution in [2.45, 2.75) is 104 Å². The van der Waals surface area contributed by atoms with Gasteiger partial charge in [0.1, 0.15) is 0 Å². The van der Waals surface area contributed by atoms with E-state index in [4.69, 9.17) is 0 Å². The molecule has 26 heavy (non-hydrogen) atoms. The van der Waals surface area contributed by atoms with Gasteiger partial charge in [0.15, 0.2) is 0 Å². The van der Waals surface area contributed by atoms with Crippen molar-refractivity contribution < 1.29 is 9.59 Å². The minimum atomic E-state index is -0.0833. The maximum Gasteiger partial charge on any atom is 0.250 e. The second-order valence-corrected chi connectivity index (χ2v) is 8.18. The third-order valence-corrected chi connectivity index (χ3v) is 6.31. The van der Waals surface area contributed by atoms with Crippen molar-refractivity contribution in [3.63, 3.8) is 0 Å². The number of hydrogen-bond acceptors (Lipinski definition) is 2. The topological polar surface area (TPSA) is 58.2 Å². The Morgan fingerprint density at radius 1 is 0.731 bits per heavy atom. The molecule has 0 fully saturated rings. The van der Waals surface area contributed by atoms with Crippen molar-refractivity contribution in [1.29, 1.82) is 0 Å². The first-order valence-corrected chi connectivity index (χ1v) is 10.9. The zero-order valence-corrected chi connectivity index (χ0v) is 17.2. The molecule has 4 atom stereocenters. The summed E-state index contributed by atoms with van der Waals surface area (Å²) in [4.78, 5) is 25.3. The first-order chi connectivity index (χ1) is 12.5. The average Bonchev–Trinajstić information content (AvgIpc) is 3.13. The lowest BCUT2D eigenvalue weighted by Crippen LogP contribution is -2.41. The number of carbonyl (C=O) groups excluding carboxylic acids is 2. The van der Waals surface area contributed by atoms with Crippen LogP contribution in [0.4, 0.5) is 0 Å². The highest BCUT2D eigenvalue weighted by Gasteiger charge is 2.45. The quantitative estimate of drug-likeness (QED) is 0.537. The molecule has 2 aliphatic rings. The molecule has 148 valence electrons. The summed E-state index contributed by atoms with van der Waals surface area (Å²) < 4.78 is 0. The molecule has 0 aromatic carbocycles. The van der Waals surface area contributed by atoms with Crippen LogP contribution in [0.1, 0.15) is 91.9 Å². The first kappa shape index (κ1) is 21.0. The van der Waals surface area contributed by atoms with E-state index in [-0.39, 0.29) is 23.9 Å². The van der Waals surface area contributed by atoms with E-state index in [1.54, 1.807) is 0 Å². The minimum absolute atomic E-state index is 0.0101. The fraction of sp³-hybridized carbons (Fsp3) is 0.818. The number of hydrogen-bond donors (Lipinski definition) is 2. The van der Waals surface area contributed by atoms with Crippen LogP contribution in [0, 0.1) is 11.8 Å².